The van der Waals surface area contributed by atoms with Crippen LogP contribution in [-0.2, 0) is 9.59 Å². The van der Waals surface area contributed by atoms with Gasteiger partial charge in [0.05, 0.1) is 11.4 Å². The maximum absolute atomic E-state index is 12.0. The fourth-order valence-corrected chi connectivity index (χ4v) is 2.01. The van der Waals surface area contributed by atoms with Gasteiger partial charge in [0.1, 0.15) is 0 Å². The molecule has 0 N–H and O–H groups in total. The number of carbonyl (C=O) groups is 2. The van der Waals surface area contributed by atoms with Crippen LogP contribution < -0.4 is 10.0 Å². The third kappa shape index (κ3) is 2.85. The highest BCUT2D eigenvalue weighted by Crippen LogP contribution is 2.22. The van der Waals surface area contributed by atoms with Crippen LogP contribution in [0.15, 0.2) is 60.7 Å². The van der Waals surface area contributed by atoms with Crippen molar-refractivity contribution in [2.75, 3.05) is 10.0 Å². The smallest absolute Gasteiger partial charge is 0.243 e. The van der Waals surface area contributed by atoms with Crippen molar-refractivity contribution in [3.63, 3.8) is 0 Å². The van der Waals surface area contributed by atoms with Crippen molar-refractivity contribution in [3.8, 4) is 0 Å². The molecule has 4 nitrogen and oxygen atoms in total. The summed E-state index contributed by atoms with van der Waals surface area (Å²) in [5, 5.41) is 2.75. The highest BCUT2D eigenvalue weighted by Gasteiger charge is 2.24. The Bertz CT molecular complexity index is 541. The topological polar surface area (TPSA) is 40.6 Å². The molecule has 0 saturated carbocycles. The molecule has 0 bridgehead atoms. The molecule has 0 unspecified atom stereocenters. The molecule has 2 aromatic carbocycles. The molecule has 0 aliphatic carbocycles. The summed E-state index contributed by atoms with van der Waals surface area (Å²) in [4.78, 5) is 24.0. The Morgan fingerprint density at radius 2 is 0.950 bits per heavy atom. The van der Waals surface area contributed by atoms with E-state index in [1.165, 1.54) is 23.9 Å². The van der Waals surface area contributed by atoms with Crippen LogP contribution >= 0.6 is 0 Å². The lowest BCUT2D eigenvalue weighted by atomic mass is 10.3. The molecule has 0 spiro atoms. The van der Waals surface area contributed by atoms with Crippen LogP contribution in [0.25, 0.3) is 0 Å². The molecule has 4 heteroatoms. The molecule has 0 saturated heterocycles. The fourth-order valence-electron chi connectivity index (χ4n) is 2.01. The van der Waals surface area contributed by atoms with Crippen LogP contribution in [-0.4, -0.2) is 11.8 Å². The largest absolute Gasteiger partial charge is 0.273 e. The van der Waals surface area contributed by atoms with E-state index in [2.05, 4.69) is 0 Å². The second-order valence-corrected chi connectivity index (χ2v) is 4.33. The van der Waals surface area contributed by atoms with Crippen molar-refractivity contribution in [2.24, 2.45) is 0 Å². The molecule has 0 radical (unpaired) electrons. The second-order valence-electron chi connectivity index (χ2n) is 4.33. The zero-order valence-corrected chi connectivity index (χ0v) is 11.5. The first kappa shape index (κ1) is 13.8. The highest BCUT2D eigenvalue weighted by molar-refractivity contribution is 6.04. The van der Waals surface area contributed by atoms with Crippen molar-refractivity contribution in [2.45, 2.75) is 13.8 Å². The average molecular weight is 268 g/mol. The zero-order valence-electron chi connectivity index (χ0n) is 11.5. The molecule has 0 aliphatic rings. The number of hydrazine groups is 1. The van der Waals surface area contributed by atoms with E-state index in [0.29, 0.717) is 11.4 Å². The quantitative estimate of drug-likeness (QED) is 0.785. The second kappa shape index (κ2) is 6.02. The number of hydrogen-bond acceptors (Lipinski definition) is 2. The van der Waals surface area contributed by atoms with E-state index >= 15 is 0 Å². The number of amides is 2. The van der Waals surface area contributed by atoms with Gasteiger partial charge in [-0.05, 0) is 24.3 Å². The van der Waals surface area contributed by atoms with Crippen LogP contribution in [0.2, 0.25) is 0 Å². The molecule has 102 valence electrons. The minimum atomic E-state index is -0.227. The average Bonchev–Trinajstić information content (AvgIpc) is 2.45. The van der Waals surface area contributed by atoms with Gasteiger partial charge in [-0.15, -0.1) is 0 Å². The number of carbonyl (C=O) groups excluding carboxylic acids is 2. The van der Waals surface area contributed by atoms with Crippen molar-refractivity contribution in [3.05, 3.63) is 60.7 Å². The van der Waals surface area contributed by atoms with Gasteiger partial charge in [-0.25, -0.2) is 10.0 Å². The van der Waals surface area contributed by atoms with Gasteiger partial charge in [0.15, 0.2) is 0 Å². The Morgan fingerprint density at radius 1 is 0.650 bits per heavy atom. The number of rotatable bonds is 2. The van der Waals surface area contributed by atoms with E-state index in [1.807, 2.05) is 36.4 Å². The summed E-state index contributed by atoms with van der Waals surface area (Å²) in [7, 11) is 0. The lowest BCUT2D eigenvalue weighted by Crippen LogP contribution is -2.49. The van der Waals surface area contributed by atoms with Gasteiger partial charge in [-0.3, -0.25) is 9.59 Å². The Morgan fingerprint density at radius 3 is 1.20 bits per heavy atom. The van der Waals surface area contributed by atoms with Crippen LogP contribution in [0.4, 0.5) is 11.4 Å². The molecule has 0 fully saturated rings. The summed E-state index contributed by atoms with van der Waals surface area (Å²) in [6, 6.07) is 18.2. The molecule has 0 aromatic heterocycles. The summed E-state index contributed by atoms with van der Waals surface area (Å²) in [6.07, 6.45) is 0. The number of nitrogens with zero attached hydrogens (tertiary/aromatic N) is 2. The Labute approximate surface area is 118 Å². The van der Waals surface area contributed by atoms with E-state index < -0.39 is 0 Å². The molecular weight excluding hydrogens is 252 g/mol. The normalized spacial score (nSPS) is 9.90. The summed E-state index contributed by atoms with van der Waals surface area (Å²) in [6.45, 7) is 2.87. The maximum atomic E-state index is 12.0. The summed E-state index contributed by atoms with van der Waals surface area (Å²) >= 11 is 0. The number of anilines is 2. The first-order valence-electron chi connectivity index (χ1n) is 6.32. The van der Waals surface area contributed by atoms with Crippen LogP contribution in [0.3, 0.4) is 0 Å². The first-order valence-corrected chi connectivity index (χ1v) is 6.32. The number of para-hydroxylation sites is 2. The molecular formula is C16H16N2O2. The number of hydrogen-bond donors (Lipinski definition) is 0. The van der Waals surface area contributed by atoms with Crippen LogP contribution in [0.1, 0.15) is 13.8 Å². The Hall–Kier alpha value is -2.62. The van der Waals surface area contributed by atoms with E-state index in [9.17, 15) is 9.59 Å². The van der Waals surface area contributed by atoms with Crippen molar-refractivity contribution in [1.29, 1.82) is 0 Å². The Kier molecular flexibility index (Phi) is 4.15. The van der Waals surface area contributed by atoms with E-state index in [-0.39, 0.29) is 11.8 Å². The molecule has 2 aromatic rings. The molecule has 0 atom stereocenters. The predicted molar refractivity (Wildman–Crippen MR) is 79.2 cm³/mol. The summed E-state index contributed by atoms with van der Waals surface area (Å²) in [5.74, 6) is -0.453. The Balaban J connectivity index is 2.50. The first-order chi connectivity index (χ1) is 9.61. The molecule has 2 amide bonds. The van der Waals surface area contributed by atoms with Gasteiger partial charge in [0.25, 0.3) is 0 Å². The van der Waals surface area contributed by atoms with E-state index in [0.717, 1.165) is 0 Å². The SMILES string of the molecule is CC(=O)N(c1ccccc1)N(C(C)=O)c1ccccc1. The summed E-state index contributed by atoms with van der Waals surface area (Å²) < 4.78 is 0. The molecule has 2 rings (SSSR count). The zero-order chi connectivity index (χ0) is 14.5. The third-order valence-electron chi connectivity index (χ3n) is 2.80. The maximum Gasteiger partial charge on any atom is 0.243 e. The monoisotopic (exact) mass is 268 g/mol. The highest BCUT2D eigenvalue weighted by atomic mass is 16.2. The molecule has 20 heavy (non-hydrogen) atoms. The predicted octanol–water partition coefficient (Wildman–Crippen LogP) is 3.01. The lowest BCUT2D eigenvalue weighted by molar-refractivity contribution is -0.121. The summed E-state index contributed by atoms with van der Waals surface area (Å²) in [5.41, 5.74) is 1.30. The standard InChI is InChI=1S/C16H16N2O2/c1-13(19)17(15-9-5-3-6-10-15)18(14(2)20)16-11-7-4-8-12-16/h3-12H,1-2H3. The van der Waals surface area contributed by atoms with Crippen molar-refractivity contribution >= 4 is 23.2 Å². The minimum absolute atomic E-state index is 0.227. The minimum Gasteiger partial charge on any atom is -0.273 e. The van der Waals surface area contributed by atoms with Gasteiger partial charge in [-0.2, -0.15) is 0 Å². The van der Waals surface area contributed by atoms with Crippen molar-refractivity contribution in [1.82, 2.24) is 0 Å². The van der Waals surface area contributed by atoms with E-state index in [1.54, 1.807) is 24.3 Å². The van der Waals surface area contributed by atoms with E-state index in [4.69, 9.17) is 0 Å². The van der Waals surface area contributed by atoms with Crippen LogP contribution in [0, 0.1) is 0 Å². The van der Waals surface area contributed by atoms with Gasteiger partial charge in [0, 0.05) is 13.8 Å². The number of benzene rings is 2. The van der Waals surface area contributed by atoms with Gasteiger partial charge in [0.2, 0.25) is 11.8 Å². The lowest BCUT2D eigenvalue weighted by Gasteiger charge is -2.33. The van der Waals surface area contributed by atoms with Crippen molar-refractivity contribution < 1.29 is 9.59 Å². The van der Waals surface area contributed by atoms with Gasteiger partial charge >= 0.3 is 0 Å². The fraction of sp³-hybridized carbons (Fsp3) is 0.125. The third-order valence-corrected chi connectivity index (χ3v) is 2.80. The van der Waals surface area contributed by atoms with Crippen LogP contribution in [0.5, 0.6) is 0 Å². The molecule has 0 heterocycles. The molecule has 0 aliphatic heterocycles. The van der Waals surface area contributed by atoms with Gasteiger partial charge < -0.3 is 0 Å². The van der Waals surface area contributed by atoms with Gasteiger partial charge in [-0.1, -0.05) is 36.4 Å².